The van der Waals surface area contributed by atoms with Gasteiger partial charge in [0, 0.05) is 17.2 Å². The average molecular weight is 427 g/mol. The summed E-state index contributed by atoms with van der Waals surface area (Å²) in [6.45, 7) is 0.569. The van der Waals surface area contributed by atoms with E-state index in [4.69, 9.17) is 14.2 Å². The van der Waals surface area contributed by atoms with Gasteiger partial charge in [-0.3, -0.25) is 4.79 Å². The molecule has 2 heterocycles. The van der Waals surface area contributed by atoms with E-state index < -0.39 is 0 Å². The standard InChI is InChI=1S/C20H15BrN2O4/c21-14-4-6-15(7-5-14)27-20-16(2-1-9-22-20)19(24)23-11-13-3-8-17-18(10-13)26-12-25-17/h1-10H,11-12H2,(H,23,24). The number of hydrogen-bond acceptors (Lipinski definition) is 5. The van der Waals surface area contributed by atoms with Gasteiger partial charge in [-0.1, -0.05) is 22.0 Å². The lowest BCUT2D eigenvalue weighted by atomic mass is 10.2. The van der Waals surface area contributed by atoms with E-state index in [1.54, 1.807) is 30.5 Å². The summed E-state index contributed by atoms with van der Waals surface area (Å²) in [5, 5.41) is 2.88. The number of pyridine rings is 1. The van der Waals surface area contributed by atoms with Crippen molar-refractivity contribution in [1.29, 1.82) is 0 Å². The maximum Gasteiger partial charge on any atom is 0.257 e. The molecule has 0 saturated carbocycles. The first-order valence-corrected chi connectivity index (χ1v) is 9.03. The number of hydrogen-bond donors (Lipinski definition) is 1. The second-order valence-electron chi connectivity index (χ2n) is 5.78. The molecule has 1 aromatic heterocycles. The van der Waals surface area contributed by atoms with Crippen LogP contribution in [-0.4, -0.2) is 17.7 Å². The molecule has 6 nitrogen and oxygen atoms in total. The largest absolute Gasteiger partial charge is 0.454 e. The molecule has 0 atom stereocenters. The minimum atomic E-state index is -0.270. The highest BCUT2D eigenvalue weighted by molar-refractivity contribution is 9.10. The van der Waals surface area contributed by atoms with E-state index in [9.17, 15) is 4.79 Å². The summed E-state index contributed by atoms with van der Waals surface area (Å²) >= 11 is 3.38. The summed E-state index contributed by atoms with van der Waals surface area (Å²) in [6.07, 6.45) is 1.59. The molecule has 4 rings (SSSR count). The summed E-state index contributed by atoms with van der Waals surface area (Å²) in [6, 6.07) is 16.3. The van der Waals surface area contributed by atoms with Gasteiger partial charge >= 0.3 is 0 Å². The zero-order chi connectivity index (χ0) is 18.6. The number of nitrogens with one attached hydrogen (secondary N) is 1. The number of halogens is 1. The Hall–Kier alpha value is -3.06. The fourth-order valence-electron chi connectivity index (χ4n) is 2.59. The Bertz CT molecular complexity index is 976. The first-order valence-electron chi connectivity index (χ1n) is 8.24. The van der Waals surface area contributed by atoms with Gasteiger partial charge in [-0.2, -0.15) is 0 Å². The molecule has 1 amide bonds. The zero-order valence-electron chi connectivity index (χ0n) is 14.1. The molecule has 0 fully saturated rings. The lowest BCUT2D eigenvalue weighted by molar-refractivity contribution is 0.0948. The number of amides is 1. The molecule has 1 aliphatic rings. The maximum atomic E-state index is 12.6. The van der Waals surface area contributed by atoms with Crippen LogP contribution in [0.4, 0.5) is 0 Å². The van der Waals surface area contributed by atoms with E-state index in [0.717, 1.165) is 10.0 Å². The average Bonchev–Trinajstić information content (AvgIpc) is 3.16. The van der Waals surface area contributed by atoms with Crippen LogP contribution in [0.2, 0.25) is 0 Å². The second kappa shape index (κ2) is 7.67. The van der Waals surface area contributed by atoms with Gasteiger partial charge < -0.3 is 19.5 Å². The van der Waals surface area contributed by atoms with Gasteiger partial charge in [-0.05, 0) is 54.1 Å². The smallest absolute Gasteiger partial charge is 0.257 e. The van der Waals surface area contributed by atoms with Crippen LogP contribution in [0.5, 0.6) is 23.1 Å². The van der Waals surface area contributed by atoms with Crippen LogP contribution in [0.3, 0.4) is 0 Å². The van der Waals surface area contributed by atoms with Crippen molar-refractivity contribution < 1.29 is 19.0 Å². The van der Waals surface area contributed by atoms with Crippen molar-refractivity contribution >= 4 is 21.8 Å². The van der Waals surface area contributed by atoms with Crippen LogP contribution < -0.4 is 19.5 Å². The van der Waals surface area contributed by atoms with Crippen LogP contribution in [-0.2, 0) is 6.54 Å². The Kier molecular flexibility index (Phi) is 4.93. The summed E-state index contributed by atoms with van der Waals surface area (Å²) < 4.78 is 17.4. The molecule has 0 spiro atoms. The van der Waals surface area contributed by atoms with E-state index in [2.05, 4.69) is 26.2 Å². The maximum absolute atomic E-state index is 12.6. The molecule has 27 heavy (non-hydrogen) atoms. The Labute approximate surface area is 164 Å². The second-order valence-corrected chi connectivity index (χ2v) is 6.70. The van der Waals surface area contributed by atoms with Crippen molar-refractivity contribution in [2.24, 2.45) is 0 Å². The fourth-order valence-corrected chi connectivity index (χ4v) is 2.85. The Morgan fingerprint density at radius 2 is 1.93 bits per heavy atom. The van der Waals surface area contributed by atoms with Gasteiger partial charge in [-0.25, -0.2) is 4.98 Å². The number of nitrogens with zero attached hydrogens (tertiary/aromatic N) is 1. The van der Waals surface area contributed by atoms with E-state index in [1.165, 1.54) is 0 Å². The summed E-state index contributed by atoms with van der Waals surface area (Å²) in [5.41, 5.74) is 1.27. The van der Waals surface area contributed by atoms with Gasteiger partial charge in [-0.15, -0.1) is 0 Å². The number of ether oxygens (including phenoxy) is 3. The van der Waals surface area contributed by atoms with Gasteiger partial charge in [0.15, 0.2) is 11.5 Å². The van der Waals surface area contributed by atoms with E-state index in [0.29, 0.717) is 29.4 Å². The van der Waals surface area contributed by atoms with Crippen molar-refractivity contribution in [3.63, 3.8) is 0 Å². The molecule has 3 aromatic rings. The summed E-state index contributed by atoms with van der Waals surface area (Å²) in [5.74, 6) is 1.97. The Morgan fingerprint density at radius 1 is 1.11 bits per heavy atom. The Balaban J connectivity index is 1.46. The van der Waals surface area contributed by atoms with Crippen LogP contribution >= 0.6 is 15.9 Å². The molecule has 7 heteroatoms. The van der Waals surface area contributed by atoms with E-state index >= 15 is 0 Å². The lowest BCUT2D eigenvalue weighted by Crippen LogP contribution is -2.23. The van der Waals surface area contributed by atoms with Crippen LogP contribution in [0.15, 0.2) is 65.3 Å². The molecule has 1 aliphatic heterocycles. The lowest BCUT2D eigenvalue weighted by Gasteiger charge is -2.11. The van der Waals surface area contributed by atoms with Crippen molar-refractivity contribution in [1.82, 2.24) is 10.3 Å². The molecular formula is C20H15BrN2O4. The first-order chi connectivity index (χ1) is 13.2. The fraction of sp³-hybridized carbons (Fsp3) is 0.100. The topological polar surface area (TPSA) is 69.7 Å². The van der Waals surface area contributed by atoms with E-state index in [-0.39, 0.29) is 18.6 Å². The van der Waals surface area contributed by atoms with Gasteiger partial charge in [0.2, 0.25) is 12.7 Å². The van der Waals surface area contributed by atoms with Gasteiger partial charge in [0.25, 0.3) is 5.91 Å². The van der Waals surface area contributed by atoms with Crippen LogP contribution in [0, 0.1) is 0 Å². The zero-order valence-corrected chi connectivity index (χ0v) is 15.7. The third-order valence-corrected chi connectivity index (χ3v) is 4.46. The number of rotatable bonds is 5. The van der Waals surface area contributed by atoms with Crippen LogP contribution in [0.1, 0.15) is 15.9 Å². The molecule has 0 aliphatic carbocycles. The highest BCUT2D eigenvalue weighted by Gasteiger charge is 2.16. The highest BCUT2D eigenvalue weighted by atomic mass is 79.9. The molecule has 0 bridgehead atoms. The SMILES string of the molecule is O=C(NCc1ccc2c(c1)OCO2)c1cccnc1Oc1ccc(Br)cc1. The van der Waals surface area contributed by atoms with Gasteiger partial charge in [0.05, 0.1) is 0 Å². The minimum absolute atomic E-state index is 0.220. The number of benzene rings is 2. The Morgan fingerprint density at radius 3 is 2.78 bits per heavy atom. The van der Waals surface area contributed by atoms with Crippen molar-refractivity contribution in [2.45, 2.75) is 6.54 Å². The quantitative estimate of drug-likeness (QED) is 0.658. The van der Waals surface area contributed by atoms with Crippen LogP contribution in [0.25, 0.3) is 0 Å². The molecule has 0 radical (unpaired) electrons. The number of carbonyl (C=O) groups is 1. The van der Waals surface area contributed by atoms with Crippen molar-refractivity contribution in [3.8, 4) is 23.1 Å². The molecule has 2 aromatic carbocycles. The predicted octanol–water partition coefficient (Wildman–Crippen LogP) is 4.30. The number of fused-ring (bicyclic) bond motifs is 1. The minimum Gasteiger partial charge on any atom is -0.454 e. The van der Waals surface area contributed by atoms with Crippen molar-refractivity contribution in [3.05, 3.63) is 76.4 Å². The highest BCUT2D eigenvalue weighted by Crippen LogP contribution is 2.32. The molecule has 136 valence electrons. The summed E-state index contributed by atoms with van der Waals surface area (Å²) in [4.78, 5) is 16.8. The summed E-state index contributed by atoms with van der Waals surface area (Å²) in [7, 11) is 0. The number of aromatic nitrogens is 1. The molecule has 1 N–H and O–H groups in total. The molecule has 0 unspecified atom stereocenters. The third kappa shape index (κ3) is 4.03. The monoisotopic (exact) mass is 426 g/mol. The van der Waals surface area contributed by atoms with Gasteiger partial charge in [0.1, 0.15) is 11.3 Å². The normalized spacial score (nSPS) is 11.9. The predicted molar refractivity (Wildman–Crippen MR) is 102 cm³/mol. The number of carbonyl (C=O) groups excluding carboxylic acids is 1. The van der Waals surface area contributed by atoms with Crippen molar-refractivity contribution in [2.75, 3.05) is 6.79 Å². The third-order valence-electron chi connectivity index (χ3n) is 3.93. The first kappa shape index (κ1) is 17.4. The molecular weight excluding hydrogens is 412 g/mol. The molecule has 0 saturated heterocycles. The van der Waals surface area contributed by atoms with E-state index in [1.807, 2.05) is 30.3 Å².